The van der Waals surface area contributed by atoms with E-state index >= 15 is 0 Å². The first-order valence-corrected chi connectivity index (χ1v) is 6.22. The second kappa shape index (κ2) is 5.54. The zero-order valence-electron chi connectivity index (χ0n) is 9.96. The molecule has 1 aromatic heterocycles. The van der Waals surface area contributed by atoms with E-state index in [1.54, 1.807) is 13.0 Å². The van der Waals surface area contributed by atoms with E-state index in [0.29, 0.717) is 11.3 Å². The van der Waals surface area contributed by atoms with Crippen LogP contribution < -0.4 is 10.7 Å². The smallest absolute Gasteiger partial charge is 0.271 e. The number of halogens is 2. The zero-order chi connectivity index (χ0) is 14.0. The maximum atomic E-state index is 12.0. The quantitative estimate of drug-likeness (QED) is 0.818. The van der Waals surface area contributed by atoms with Crippen LogP contribution in [0.4, 0.5) is 5.69 Å². The van der Waals surface area contributed by atoms with Gasteiger partial charge in [0, 0.05) is 12.8 Å². The molecule has 1 aliphatic heterocycles. The number of carbonyl (C=O) groups is 2. The van der Waals surface area contributed by atoms with Crippen LogP contribution in [0.25, 0.3) is 0 Å². The van der Waals surface area contributed by atoms with Crippen molar-refractivity contribution in [1.82, 2.24) is 10.4 Å². The van der Waals surface area contributed by atoms with Gasteiger partial charge in [-0.15, -0.1) is 0 Å². The summed E-state index contributed by atoms with van der Waals surface area (Å²) in [7, 11) is 0. The number of anilines is 1. The molecule has 2 heterocycles. The molecule has 1 aromatic rings. The first-order chi connectivity index (χ1) is 8.97. The fourth-order valence-electron chi connectivity index (χ4n) is 1.57. The summed E-state index contributed by atoms with van der Waals surface area (Å²) in [6, 6.07) is 1.59. The van der Waals surface area contributed by atoms with Gasteiger partial charge in [0.05, 0.1) is 5.69 Å². The molecule has 2 rings (SSSR count). The van der Waals surface area contributed by atoms with Crippen LogP contribution >= 0.6 is 23.2 Å². The number of rotatable bonds is 2. The van der Waals surface area contributed by atoms with E-state index < -0.39 is 5.91 Å². The second-order valence-corrected chi connectivity index (χ2v) is 4.72. The van der Waals surface area contributed by atoms with E-state index in [4.69, 9.17) is 23.2 Å². The Kier molecular flexibility index (Phi) is 4.01. The molecule has 0 spiro atoms. The summed E-state index contributed by atoms with van der Waals surface area (Å²) in [5.74, 6) is -0.631. The van der Waals surface area contributed by atoms with Crippen molar-refractivity contribution in [2.24, 2.45) is 5.10 Å². The molecule has 0 atom stereocenters. The molecule has 0 radical (unpaired) electrons. The standard InChI is InChI=1S/C11H10Cl2N4O2/c1-5-4-7(12)14-10(13)9(5)15-11(19)6-2-3-8(18)17-16-6/h4H,2-3H2,1H3,(H,15,19)(H,17,18). The van der Waals surface area contributed by atoms with Crippen molar-refractivity contribution in [1.29, 1.82) is 0 Å². The van der Waals surface area contributed by atoms with Gasteiger partial charge in [0.15, 0.2) is 5.15 Å². The number of hydrogen-bond acceptors (Lipinski definition) is 4. The fourth-order valence-corrected chi connectivity index (χ4v) is 2.15. The number of hydrogen-bond donors (Lipinski definition) is 2. The van der Waals surface area contributed by atoms with E-state index in [1.807, 2.05) is 0 Å². The van der Waals surface area contributed by atoms with Crippen LogP contribution in [-0.2, 0) is 9.59 Å². The maximum Gasteiger partial charge on any atom is 0.271 e. The van der Waals surface area contributed by atoms with Gasteiger partial charge < -0.3 is 5.32 Å². The van der Waals surface area contributed by atoms with Crippen LogP contribution in [0, 0.1) is 6.92 Å². The van der Waals surface area contributed by atoms with Crippen LogP contribution in [0.5, 0.6) is 0 Å². The van der Waals surface area contributed by atoms with Crippen LogP contribution in [0.15, 0.2) is 11.2 Å². The zero-order valence-corrected chi connectivity index (χ0v) is 11.5. The molecule has 0 unspecified atom stereocenters. The van der Waals surface area contributed by atoms with Gasteiger partial charge in [-0.25, -0.2) is 10.4 Å². The number of nitrogens with zero attached hydrogens (tertiary/aromatic N) is 2. The lowest BCUT2D eigenvalue weighted by molar-refractivity contribution is -0.121. The summed E-state index contributed by atoms with van der Waals surface area (Å²) in [5, 5.41) is 6.68. The van der Waals surface area contributed by atoms with Gasteiger partial charge in [0.2, 0.25) is 5.91 Å². The Morgan fingerprint density at radius 2 is 2.16 bits per heavy atom. The van der Waals surface area contributed by atoms with Gasteiger partial charge in [0.1, 0.15) is 10.9 Å². The summed E-state index contributed by atoms with van der Waals surface area (Å²) in [6.07, 6.45) is 0.521. The Balaban J connectivity index is 2.18. The number of nitrogens with one attached hydrogen (secondary N) is 2. The highest BCUT2D eigenvalue weighted by Crippen LogP contribution is 2.26. The average Bonchev–Trinajstić information content (AvgIpc) is 2.34. The van der Waals surface area contributed by atoms with Crippen LogP contribution in [0.3, 0.4) is 0 Å². The first-order valence-electron chi connectivity index (χ1n) is 5.47. The first kappa shape index (κ1) is 13.8. The molecule has 2 amide bonds. The molecule has 6 nitrogen and oxygen atoms in total. The highest BCUT2D eigenvalue weighted by molar-refractivity contribution is 6.44. The SMILES string of the molecule is Cc1cc(Cl)nc(Cl)c1NC(=O)C1=NNC(=O)CC1. The molecule has 1 aliphatic rings. The van der Waals surface area contributed by atoms with Crippen LogP contribution in [0.1, 0.15) is 18.4 Å². The molecular formula is C11H10Cl2N4O2. The third-order valence-electron chi connectivity index (χ3n) is 2.55. The largest absolute Gasteiger partial charge is 0.318 e. The Bertz CT molecular complexity index is 563. The summed E-state index contributed by atoms with van der Waals surface area (Å²) in [5.41, 5.74) is 3.57. The van der Waals surface area contributed by atoms with E-state index in [-0.39, 0.29) is 34.8 Å². The highest BCUT2D eigenvalue weighted by Gasteiger charge is 2.20. The van der Waals surface area contributed by atoms with Gasteiger partial charge in [0.25, 0.3) is 5.91 Å². The fraction of sp³-hybridized carbons (Fsp3) is 0.273. The molecule has 8 heteroatoms. The van der Waals surface area contributed by atoms with Crippen molar-refractivity contribution >= 4 is 46.4 Å². The van der Waals surface area contributed by atoms with Crippen molar-refractivity contribution in [3.63, 3.8) is 0 Å². The van der Waals surface area contributed by atoms with Crippen molar-refractivity contribution in [2.75, 3.05) is 5.32 Å². The summed E-state index contributed by atoms with van der Waals surface area (Å²) < 4.78 is 0. The van der Waals surface area contributed by atoms with E-state index in [9.17, 15) is 9.59 Å². The lowest BCUT2D eigenvalue weighted by Crippen LogP contribution is -2.33. The molecule has 0 fully saturated rings. The number of carbonyl (C=O) groups excluding carboxylic acids is 2. The Hall–Kier alpha value is -1.66. The minimum atomic E-state index is -0.422. The third-order valence-corrected chi connectivity index (χ3v) is 3.01. The van der Waals surface area contributed by atoms with Gasteiger partial charge >= 0.3 is 0 Å². The van der Waals surface area contributed by atoms with Crippen molar-refractivity contribution < 1.29 is 9.59 Å². The molecule has 100 valence electrons. The second-order valence-electron chi connectivity index (χ2n) is 3.98. The van der Waals surface area contributed by atoms with E-state index in [0.717, 1.165) is 0 Å². The normalized spacial score (nSPS) is 14.7. The Morgan fingerprint density at radius 1 is 1.42 bits per heavy atom. The number of aryl methyl sites for hydroxylation is 1. The van der Waals surface area contributed by atoms with Crippen molar-refractivity contribution in [2.45, 2.75) is 19.8 Å². The monoisotopic (exact) mass is 300 g/mol. The Labute approximate surface area is 119 Å². The predicted molar refractivity (Wildman–Crippen MR) is 72.4 cm³/mol. The summed E-state index contributed by atoms with van der Waals surface area (Å²) in [6.45, 7) is 1.75. The van der Waals surface area contributed by atoms with Crippen molar-refractivity contribution in [3.8, 4) is 0 Å². The maximum absolute atomic E-state index is 12.0. The number of aromatic nitrogens is 1. The van der Waals surface area contributed by atoms with Gasteiger partial charge in [-0.1, -0.05) is 23.2 Å². The van der Waals surface area contributed by atoms with Gasteiger partial charge in [-0.3, -0.25) is 9.59 Å². The molecule has 0 bridgehead atoms. The molecule has 19 heavy (non-hydrogen) atoms. The summed E-state index contributed by atoms with van der Waals surface area (Å²) >= 11 is 11.7. The average molecular weight is 301 g/mol. The molecule has 0 saturated carbocycles. The molecule has 0 aliphatic carbocycles. The minimum Gasteiger partial charge on any atom is -0.318 e. The minimum absolute atomic E-state index is 0.110. The highest BCUT2D eigenvalue weighted by atomic mass is 35.5. The molecule has 0 aromatic carbocycles. The van der Waals surface area contributed by atoms with Crippen LogP contribution in [-0.4, -0.2) is 22.5 Å². The van der Waals surface area contributed by atoms with E-state index in [1.165, 1.54) is 0 Å². The number of hydrazone groups is 1. The van der Waals surface area contributed by atoms with E-state index in [2.05, 4.69) is 20.8 Å². The lowest BCUT2D eigenvalue weighted by atomic mass is 10.1. The molecule has 0 saturated heterocycles. The van der Waals surface area contributed by atoms with Gasteiger partial charge in [-0.2, -0.15) is 5.10 Å². The molecular weight excluding hydrogens is 291 g/mol. The summed E-state index contributed by atoms with van der Waals surface area (Å²) in [4.78, 5) is 26.7. The van der Waals surface area contributed by atoms with Gasteiger partial charge in [-0.05, 0) is 18.6 Å². The topological polar surface area (TPSA) is 83.4 Å². The number of amides is 2. The lowest BCUT2D eigenvalue weighted by Gasteiger charge is -2.13. The van der Waals surface area contributed by atoms with Crippen LogP contribution in [0.2, 0.25) is 10.3 Å². The Morgan fingerprint density at radius 3 is 2.74 bits per heavy atom. The molecule has 2 N–H and O–H groups in total. The third kappa shape index (κ3) is 3.21. The van der Waals surface area contributed by atoms with Crippen molar-refractivity contribution in [3.05, 3.63) is 21.9 Å². The predicted octanol–water partition coefficient (Wildman–Crippen LogP) is 1.90. The number of pyridine rings is 1.